The molecule has 1 saturated heterocycles. The van der Waals surface area contributed by atoms with Gasteiger partial charge in [-0.3, -0.25) is 4.79 Å². The van der Waals surface area contributed by atoms with Crippen LogP contribution in [0.1, 0.15) is 34.3 Å². The molecule has 13 nitrogen and oxygen atoms in total. The number of carbonyl (C=O) groups excluding carboxylic acids is 3. The van der Waals surface area contributed by atoms with Crippen molar-refractivity contribution in [1.82, 2.24) is 9.62 Å². The molecular weight excluding hydrogens is 656 g/mol. The number of nitrogens with one attached hydrogen (secondary N) is 1. The van der Waals surface area contributed by atoms with Crippen molar-refractivity contribution < 1.29 is 51.2 Å². The molecule has 3 aromatic rings. The molecule has 1 fully saturated rings. The van der Waals surface area contributed by atoms with Crippen molar-refractivity contribution in [1.29, 1.82) is 0 Å². The quantitative estimate of drug-likeness (QED) is 0.173. The van der Waals surface area contributed by atoms with Crippen LogP contribution in [-0.2, 0) is 51.6 Å². The SMILES string of the molecule is COCCOCc1cc(OC)c(-c2ccc(C[C@H](NC(=O)[C@@H]3CCCN3S(=O)(=O)c3ccc(C(=O)OC)cc3)C(=O)OC)cc2)c(OC)c1. The Hall–Kier alpha value is -4.50. The smallest absolute Gasteiger partial charge is 0.337 e. The number of esters is 2. The van der Waals surface area contributed by atoms with Gasteiger partial charge in [0.25, 0.3) is 0 Å². The Morgan fingerprint density at radius 3 is 2.08 bits per heavy atom. The molecule has 0 spiro atoms. The molecule has 0 bridgehead atoms. The number of rotatable bonds is 16. The first-order valence-corrected chi connectivity index (χ1v) is 17.0. The van der Waals surface area contributed by atoms with Gasteiger partial charge in [0, 0.05) is 20.1 Å². The summed E-state index contributed by atoms with van der Waals surface area (Å²) >= 11 is 0. The maximum absolute atomic E-state index is 13.5. The fourth-order valence-corrected chi connectivity index (χ4v) is 7.28. The molecule has 2 atom stereocenters. The minimum absolute atomic E-state index is 0.0669. The van der Waals surface area contributed by atoms with E-state index in [1.165, 1.54) is 38.5 Å². The van der Waals surface area contributed by atoms with E-state index in [0.717, 1.165) is 26.6 Å². The van der Waals surface area contributed by atoms with Gasteiger partial charge in [-0.1, -0.05) is 24.3 Å². The van der Waals surface area contributed by atoms with Gasteiger partial charge < -0.3 is 33.7 Å². The molecule has 3 aromatic carbocycles. The summed E-state index contributed by atoms with van der Waals surface area (Å²) in [6.45, 7) is 1.41. The summed E-state index contributed by atoms with van der Waals surface area (Å²) in [4.78, 5) is 38.1. The third-order valence-electron chi connectivity index (χ3n) is 8.14. The van der Waals surface area contributed by atoms with Crippen molar-refractivity contribution in [2.24, 2.45) is 0 Å². The molecule has 0 saturated carbocycles. The van der Waals surface area contributed by atoms with Crippen LogP contribution in [0.2, 0.25) is 0 Å². The van der Waals surface area contributed by atoms with Crippen LogP contribution in [0.5, 0.6) is 11.5 Å². The summed E-state index contributed by atoms with van der Waals surface area (Å²) < 4.78 is 59.9. The molecule has 49 heavy (non-hydrogen) atoms. The Morgan fingerprint density at radius 2 is 1.51 bits per heavy atom. The fraction of sp³-hybridized carbons (Fsp3) is 0.400. The van der Waals surface area contributed by atoms with Crippen LogP contribution in [0.25, 0.3) is 11.1 Å². The summed E-state index contributed by atoms with van der Waals surface area (Å²) in [6, 6.07) is 14.3. The molecule has 4 rings (SSSR count). The third kappa shape index (κ3) is 8.95. The van der Waals surface area contributed by atoms with Crippen LogP contribution < -0.4 is 14.8 Å². The molecule has 1 aliphatic heterocycles. The molecule has 1 heterocycles. The topological polar surface area (TPSA) is 156 Å². The lowest BCUT2D eigenvalue weighted by Crippen LogP contribution is -2.51. The van der Waals surface area contributed by atoms with E-state index in [2.05, 4.69) is 10.1 Å². The van der Waals surface area contributed by atoms with Gasteiger partial charge in [-0.05, 0) is 65.9 Å². The number of benzene rings is 3. The highest BCUT2D eigenvalue weighted by Crippen LogP contribution is 2.40. The molecule has 264 valence electrons. The third-order valence-corrected chi connectivity index (χ3v) is 10.1. The Labute approximate surface area is 286 Å². The van der Waals surface area contributed by atoms with Gasteiger partial charge in [-0.15, -0.1) is 0 Å². The summed E-state index contributed by atoms with van der Waals surface area (Å²) in [5, 5.41) is 2.72. The largest absolute Gasteiger partial charge is 0.496 e. The fourth-order valence-electron chi connectivity index (χ4n) is 5.62. The van der Waals surface area contributed by atoms with E-state index in [1.54, 1.807) is 21.3 Å². The van der Waals surface area contributed by atoms with E-state index in [9.17, 15) is 22.8 Å². The number of ether oxygens (including phenoxy) is 6. The number of amides is 1. The van der Waals surface area contributed by atoms with E-state index in [0.29, 0.717) is 37.7 Å². The second kappa shape index (κ2) is 17.2. The number of carbonyl (C=O) groups is 3. The first kappa shape index (κ1) is 37.3. The lowest BCUT2D eigenvalue weighted by atomic mass is 9.98. The average Bonchev–Trinajstić information content (AvgIpc) is 3.64. The highest BCUT2D eigenvalue weighted by molar-refractivity contribution is 7.89. The summed E-state index contributed by atoms with van der Waals surface area (Å²) in [5.74, 6) is -0.699. The number of nitrogens with zero attached hydrogens (tertiary/aromatic N) is 1. The number of sulfonamides is 1. The molecule has 0 unspecified atom stereocenters. The molecule has 1 amide bonds. The van der Waals surface area contributed by atoms with Crippen molar-refractivity contribution in [3.63, 3.8) is 0 Å². The van der Waals surface area contributed by atoms with Crippen LogP contribution in [0.3, 0.4) is 0 Å². The Balaban J connectivity index is 1.50. The summed E-state index contributed by atoms with van der Waals surface area (Å²) in [6.07, 6.45) is 0.825. The standard InChI is InChI=1S/C35H42N2O11S/c1-43-17-18-48-22-24-20-30(44-2)32(31(21-24)45-3)25-10-8-23(9-11-25)19-28(35(40)47-5)36-33(38)29-7-6-16-37(29)49(41,42)27-14-12-26(13-15-27)34(39)46-4/h8-15,20-21,28-29H,6-7,16-19,22H2,1-5H3,(H,36,38)/t28-,29-/m0/s1. The Bertz CT molecular complexity index is 1690. The van der Waals surface area contributed by atoms with Crippen molar-refractivity contribution in [2.45, 2.75) is 42.8 Å². The lowest BCUT2D eigenvalue weighted by molar-refractivity contribution is -0.145. The van der Waals surface area contributed by atoms with Gasteiger partial charge in [0.2, 0.25) is 15.9 Å². The first-order valence-electron chi connectivity index (χ1n) is 15.6. The zero-order chi connectivity index (χ0) is 35.6. The van der Waals surface area contributed by atoms with Crippen LogP contribution in [0.4, 0.5) is 0 Å². The van der Waals surface area contributed by atoms with Crippen molar-refractivity contribution in [2.75, 3.05) is 55.3 Å². The van der Waals surface area contributed by atoms with Crippen molar-refractivity contribution in [3.05, 3.63) is 77.4 Å². The average molecular weight is 699 g/mol. The van der Waals surface area contributed by atoms with Gasteiger partial charge in [0.15, 0.2) is 0 Å². The maximum Gasteiger partial charge on any atom is 0.337 e. The molecular formula is C35H42N2O11S. The Morgan fingerprint density at radius 1 is 0.857 bits per heavy atom. The van der Waals surface area contributed by atoms with E-state index in [1.807, 2.05) is 36.4 Å². The van der Waals surface area contributed by atoms with Crippen LogP contribution in [0, 0.1) is 0 Å². The second-order valence-electron chi connectivity index (χ2n) is 11.2. The molecule has 1 N–H and O–H groups in total. The van der Waals surface area contributed by atoms with Gasteiger partial charge in [-0.25, -0.2) is 18.0 Å². The molecule has 1 aliphatic rings. The predicted molar refractivity (Wildman–Crippen MR) is 179 cm³/mol. The number of hydrogen-bond donors (Lipinski definition) is 1. The van der Waals surface area contributed by atoms with Gasteiger partial charge >= 0.3 is 11.9 Å². The van der Waals surface area contributed by atoms with Gasteiger partial charge in [0.1, 0.15) is 23.6 Å². The predicted octanol–water partition coefficient (Wildman–Crippen LogP) is 3.37. The van der Waals surface area contributed by atoms with E-state index in [4.69, 9.17) is 23.7 Å². The van der Waals surface area contributed by atoms with Crippen LogP contribution in [-0.4, -0.2) is 98.0 Å². The summed E-state index contributed by atoms with van der Waals surface area (Å²) in [5.41, 5.74) is 3.32. The van der Waals surface area contributed by atoms with E-state index in [-0.39, 0.29) is 29.8 Å². The Kier molecular flexibility index (Phi) is 13.1. The number of hydrogen-bond acceptors (Lipinski definition) is 11. The normalized spacial score (nSPS) is 15.3. The highest BCUT2D eigenvalue weighted by Gasteiger charge is 2.40. The zero-order valence-corrected chi connectivity index (χ0v) is 29.0. The lowest BCUT2D eigenvalue weighted by Gasteiger charge is -2.25. The molecule has 0 aromatic heterocycles. The van der Waals surface area contributed by atoms with Gasteiger partial charge in [0.05, 0.1) is 64.3 Å². The van der Waals surface area contributed by atoms with Crippen LogP contribution in [0.15, 0.2) is 65.6 Å². The first-order chi connectivity index (χ1) is 23.6. The number of methoxy groups -OCH3 is 5. The zero-order valence-electron chi connectivity index (χ0n) is 28.2. The van der Waals surface area contributed by atoms with E-state index < -0.39 is 40.0 Å². The van der Waals surface area contributed by atoms with Crippen molar-refractivity contribution in [3.8, 4) is 22.6 Å². The molecule has 0 aliphatic carbocycles. The highest BCUT2D eigenvalue weighted by atomic mass is 32.2. The summed E-state index contributed by atoms with van der Waals surface area (Å²) in [7, 11) is 3.12. The molecule has 14 heteroatoms. The second-order valence-corrected chi connectivity index (χ2v) is 13.1. The monoisotopic (exact) mass is 698 g/mol. The molecule has 0 radical (unpaired) electrons. The van der Waals surface area contributed by atoms with Crippen LogP contribution >= 0.6 is 0 Å². The maximum atomic E-state index is 13.5. The minimum Gasteiger partial charge on any atom is -0.496 e. The van der Waals surface area contributed by atoms with Crippen molar-refractivity contribution >= 4 is 27.9 Å². The minimum atomic E-state index is -4.08. The van der Waals surface area contributed by atoms with Gasteiger partial charge in [-0.2, -0.15) is 4.31 Å². The van der Waals surface area contributed by atoms with E-state index >= 15 is 0 Å².